The highest BCUT2D eigenvalue weighted by Crippen LogP contribution is 2.70. The van der Waals surface area contributed by atoms with E-state index in [1.54, 1.807) is 0 Å². The molecule has 1 fully saturated rings. The van der Waals surface area contributed by atoms with Crippen LogP contribution in [0.25, 0.3) is 0 Å². The average molecular weight is 413 g/mol. The zero-order valence-corrected chi connectivity index (χ0v) is 11.2. The Labute approximate surface area is 132 Å². The van der Waals surface area contributed by atoms with Crippen molar-refractivity contribution in [2.75, 3.05) is 0 Å². The number of imide groups is 1. The molecule has 1 heterocycles. The first-order valence-electron chi connectivity index (χ1n) is 5.79. The number of hydrogen-bond acceptors (Lipinski definition) is 2. The highest BCUT2D eigenvalue weighted by atomic mass is 19.4. The summed E-state index contributed by atoms with van der Waals surface area (Å²) in [7, 11) is 0. The first kappa shape index (κ1) is 20.3. The Kier molecular flexibility index (Phi) is 3.61. The van der Waals surface area contributed by atoms with Gasteiger partial charge in [0.1, 0.15) is 0 Å². The van der Waals surface area contributed by atoms with E-state index in [1.165, 1.54) is 0 Å². The Morgan fingerprint density at radius 3 is 1.00 bits per heavy atom. The van der Waals surface area contributed by atoms with Crippen molar-refractivity contribution in [1.29, 1.82) is 0 Å². The fourth-order valence-electron chi connectivity index (χ4n) is 2.24. The molecule has 1 aliphatic carbocycles. The van der Waals surface area contributed by atoms with Gasteiger partial charge >= 0.3 is 35.4 Å². The van der Waals surface area contributed by atoms with E-state index in [2.05, 4.69) is 0 Å². The van der Waals surface area contributed by atoms with Crippen LogP contribution in [0.2, 0.25) is 0 Å². The van der Waals surface area contributed by atoms with Crippen LogP contribution in [0, 0.1) is 0 Å². The lowest BCUT2D eigenvalue weighted by Gasteiger charge is -2.53. The van der Waals surface area contributed by atoms with E-state index in [0.29, 0.717) is 0 Å². The van der Waals surface area contributed by atoms with Gasteiger partial charge in [0.25, 0.3) is 11.8 Å². The predicted octanol–water partition coefficient (Wildman–Crippen LogP) is 3.36. The Morgan fingerprint density at radius 1 is 0.500 bits per heavy atom. The van der Waals surface area contributed by atoms with Gasteiger partial charge in [-0.25, -0.2) is 9.29 Å². The molecule has 0 bridgehead atoms. The number of hydrogen-bond donors (Lipinski definition) is 0. The fourth-order valence-corrected chi connectivity index (χ4v) is 2.24. The number of nitrogens with zero attached hydrogens (tertiary/aromatic N) is 1. The highest BCUT2D eigenvalue weighted by Gasteiger charge is 3.03. The third-order valence-electron chi connectivity index (χ3n) is 3.69. The van der Waals surface area contributed by atoms with Gasteiger partial charge in [-0.3, -0.25) is 9.59 Å². The van der Waals surface area contributed by atoms with Gasteiger partial charge in [0, 0.05) is 0 Å². The van der Waals surface area contributed by atoms with E-state index in [0.717, 1.165) is 0 Å². The van der Waals surface area contributed by atoms with Crippen LogP contribution in [0.15, 0.2) is 11.7 Å². The number of alkyl halides is 11. The van der Waals surface area contributed by atoms with Crippen molar-refractivity contribution in [2.45, 2.75) is 35.4 Å². The van der Waals surface area contributed by atoms with Crippen LogP contribution in [-0.4, -0.2) is 52.1 Å². The molecule has 0 spiro atoms. The summed E-state index contributed by atoms with van der Waals surface area (Å²) in [6, 6.07) is 0. The lowest BCUT2D eigenvalue weighted by Crippen LogP contribution is -2.87. The zero-order chi connectivity index (χ0) is 20.9. The second-order valence-electron chi connectivity index (χ2n) is 5.07. The van der Waals surface area contributed by atoms with E-state index in [1.807, 2.05) is 0 Å². The molecule has 2 amide bonds. The van der Waals surface area contributed by atoms with Crippen LogP contribution < -0.4 is 0 Å². The minimum absolute atomic E-state index is 2.60. The van der Waals surface area contributed by atoms with Crippen LogP contribution in [0.4, 0.5) is 57.1 Å². The Morgan fingerprint density at radius 2 is 0.731 bits per heavy atom. The molecule has 1 aliphatic heterocycles. The Hall–Kier alpha value is -2.03. The first-order chi connectivity index (χ1) is 11.3. The summed E-state index contributed by atoms with van der Waals surface area (Å²) in [6.45, 7) is 0. The van der Waals surface area contributed by atoms with Crippen molar-refractivity contribution in [2.24, 2.45) is 0 Å². The zero-order valence-electron chi connectivity index (χ0n) is 11.2. The van der Waals surface area contributed by atoms with Gasteiger partial charge in [0.05, 0.1) is 0 Å². The molecule has 0 atom stereocenters. The molecular weight excluding hydrogens is 413 g/mol. The third-order valence-corrected chi connectivity index (χ3v) is 3.69. The largest absolute Gasteiger partial charge is 0.384 e. The van der Waals surface area contributed by atoms with Crippen LogP contribution in [-0.2, 0) is 9.59 Å². The van der Waals surface area contributed by atoms with Crippen molar-refractivity contribution in [3.8, 4) is 0 Å². The molecule has 2 aliphatic rings. The van der Waals surface area contributed by atoms with Crippen LogP contribution >= 0.6 is 0 Å². The third kappa shape index (κ3) is 1.59. The maximum atomic E-state index is 14.3. The quantitative estimate of drug-likeness (QED) is 0.376. The number of amides is 2. The van der Waals surface area contributed by atoms with Crippen molar-refractivity contribution < 1.29 is 66.7 Å². The predicted molar refractivity (Wildman–Crippen MR) is 49.7 cm³/mol. The standard InChI is InChI=1S/C10F13NO2/c11-1-2(12)4(26)24(3(1)25)10(23)8(19,20)6(15,16)5(13,14)7(17,18)9(10,21)22. The summed E-state index contributed by atoms with van der Waals surface area (Å²) in [6.07, 6.45) is 0. The molecule has 0 aromatic heterocycles. The number of carbonyl (C=O) groups is 2. The molecule has 26 heavy (non-hydrogen) atoms. The molecule has 0 aromatic rings. The smallest absolute Gasteiger partial charge is 0.266 e. The van der Waals surface area contributed by atoms with Gasteiger partial charge in [-0.1, -0.05) is 0 Å². The normalized spacial score (nSPS) is 30.7. The molecular formula is C10F13NO2. The monoisotopic (exact) mass is 413 g/mol. The van der Waals surface area contributed by atoms with Gasteiger partial charge < -0.3 is 0 Å². The number of carbonyl (C=O) groups excluding carboxylic acids is 2. The van der Waals surface area contributed by atoms with Gasteiger partial charge in [-0.2, -0.15) is 52.7 Å². The summed E-state index contributed by atoms with van der Waals surface area (Å²) in [5, 5.41) is 0. The molecule has 0 unspecified atom stereocenters. The highest BCUT2D eigenvalue weighted by molar-refractivity contribution is 6.17. The maximum Gasteiger partial charge on any atom is 0.384 e. The van der Waals surface area contributed by atoms with Crippen molar-refractivity contribution in [3.63, 3.8) is 0 Å². The second kappa shape index (κ2) is 4.62. The minimum Gasteiger partial charge on any atom is -0.266 e. The summed E-state index contributed by atoms with van der Waals surface area (Å²) >= 11 is 0. The molecule has 1 saturated carbocycles. The SMILES string of the molecule is O=C1C(F)=C(F)C(=O)N1C1(F)C(F)(F)C(F)(F)C(F)(F)C(F)(F)C1(F)F. The minimum atomic E-state index is -7.63. The van der Waals surface area contributed by atoms with E-state index >= 15 is 0 Å². The molecule has 0 saturated heterocycles. The van der Waals surface area contributed by atoms with Gasteiger partial charge in [0.15, 0.2) is 0 Å². The molecule has 0 radical (unpaired) electrons. The van der Waals surface area contributed by atoms with E-state index in [9.17, 15) is 66.7 Å². The van der Waals surface area contributed by atoms with Crippen LogP contribution in [0.3, 0.4) is 0 Å². The summed E-state index contributed by atoms with van der Waals surface area (Å²) in [4.78, 5) is 19.5. The number of halogens is 13. The molecule has 16 heteroatoms. The van der Waals surface area contributed by atoms with Crippen LogP contribution in [0.5, 0.6) is 0 Å². The molecule has 3 nitrogen and oxygen atoms in total. The van der Waals surface area contributed by atoms with E-state index in [-0.39, 0.29) is 0 Å². The fraction of sp³-hybridized carbons (Fsp3) is 0.600. The topological polar surface area (TPSA) is 37.4 Å². The van der Waals surface area contributed by atoms with Crippen molar-refractivity contribution in [3.05, 3.63) is 11.7 Å². The van der Waals surface area contributed by atoms with Crippen molar-refractivity contribution in [1.82, 2.24) is 4.90 Å². The van der Waals surface area contributed by atoms with Crippen molar-refractivity contribution >= 4 is 11.8 Å². The Bertz CT molecular complexity index is 685. The van der Waals surface area contributed by atoms with Gasteiger partial charge in [0.2, 0.25) is 11.7 Å². The van der Waals surface area contributed by atoms with Gasteiger partial charge in [-0.15, -0.1) is 0 Å². The lowest BCUT2D eigenvalue weighted by molar-refractivity contribution is -0.498. The molecule has 2 rings (SSSR count). The molecule has 148 valence electrons. The summed E-state index contributed by atoms with van der Waals surface area (Å²) in [5.41, 5.74) is 0. The first-order valence-corrected chi connectivity index (χ1v) is 5.79. The molecule has 0 N–H and O–H groups in total. The van der Waals surface area contributed by atoms with E-state index in [4.69, 9.17) is 0 Å². The lowest BCUT2D eigenvalue weighted by atomic mass is 9.76. The average Bonchev–Trinajstić information content (AvgIpc) is 2.68. The Balaban J connectivity index is 2.91. The second-order valence-corrected chi connectivity index (χ2v) is 5.07. The summed E-state index contributed by atoms with van der Waals surface area (Å²) < 4.78 is 173. The molecule has 0 aromatic carbocycles. The summed E-state index contributed by atoms with van der Waals surface area (Å²) in [5.74, 6) is -58.5. The van der Waals surface area contributed by atoms with Gasteiger partial charge in [-0.05, 0) is 0 Å². The number of rotatable bonds is 1. The van der Waals surface area contributed by atoms with E-state index < -0.39 is 63.8 Å². The maximum absolute atomic E-state index is 14.3. The van der Waals surface area contributed by atoms with Crippen LogP contribution in [0.1, 0.15) is 0 Å².